The zero-order chi connectivity index (χ0) is 24.2. The summed E-state index contributed by atoms with van der Waals surface area (Å²) in [6.45, 7) is 3.92. The summed E-state index contributed by atoms with van der Waals surface area (Å²) in [4.78, 5) is 10.1. The molecule has 1 fully saturated rings. The van der Waals surface area contributed by atoms with Crippen molar-refractivity contribution >= 4 is 16.6 Å². The van der Waals surface area contributed by atoms with E-state index < -0.39 is 17.2 Å². The zero-order valence-corrected chi connectivity index (χ0v) is 19.6. The minimum Gasteiger partial charge on any atom is -0.379 e. The van der Waals surface area contributed by atoms with Crippen molar-refractivity contribution in [3.8, 4) is 11.4 Å². The first-order chi connectivity index (χ1) is 16.9. The van der Waals surface area contributed by atoms with E-state index in [1.54, 1.807) is 6.92 Å². The van der Waals surface area contributed by atoms with Crippen LogP contribution in [0.3, 0.4) is 0 Å². The molecule has 1 atom stereocenters. The third-order valence-electron chi connectivity index (χ3n) is 7.03. The zero-order valence-electron chi connectivity index (χ0n) is 19.6. The van der Waals surface area contributed by atoms with Gasteiger partial charge in [0.15, 0.2) is 0 Å². The van der Waals surface area contributed by atoms with Gasteiger partial charge < -0.3 is 9.36 Å². The van der Waals surface area contributed by atoms with E-state index in [2.05, 4.69) is 39.0 Å². The third kappa shape index (κ3) is 3.69. The summed E-state index contributed by atoms with van der Waals surface area (Å²) >= 11 is 0. The highest BCUT2D eigenvalue weighted by atomic mass is 19.1. The molecule has 0 radical (unpaired) electrons. The van der Waals surface area contributed by atoms with Crippen molar-refractivity contribution in [3.05, 3.63) is 65.2 Å². The number of halogens is 2. The van der Waals surface area contributed by atoms with Crippen LogP contribution in [0.5, 0.6) is 0 Å². The number of benzene rings is 2. The molecule has 0 saturated heterocycles. The topological polar surface area (TPSA) is 78.3 Å². The van der Waals surface area contributed by atoms with Crippen LogP contribution in [0.2, 0.25) is 0 Å². The fraction of sp³-hybridized carbons (Fsp3) is 0.385. The molecule has 2 aromatic heterocycles. The van der Waals surface area contributed by atoms with E-state index in [1.165, 1.54) is 18.2 Å². The molecular formula is C26H25F2N5O2. The Morgan fingerprint density at radius 2 is 1.94 bits per heavy atom. The van der Waals surface area contributed by atoms with Crippen LogP contribution < -0.4 is 0 Å². The van der Waals surface area contributed by atoms with Crippen LogP contribution in [0, 0.1) is 11.6 Å². The van der Waals surface area contributed by atoms with Crippen LogP contribution in [0.15, 0.2) is 46.1 Å². The number of hydrogen-bond acceptors (Lipinski definition) is 6. The van der Waals surface area contributed by atoms with E-state index >= 15 is 0 Å². The Balaban J connectivity index is 1.30. The molecule has 180 valence electrons. The van der Waals surface area contributed by atoms with E-state index in [-0.39, 0.29) is 17.3 Å². The number of aromatic nitrogens is 4. The summed E-state index contributed by atoms with van der Waals surface area (Å²) in [5.41, 5.74) is 2.84. The van der Waals surface area contributed by atoms with Crippen molar-refractivity contribution in [2.75, 3.05) is 0 Å². The Morgan fingerprint density at radius 1 is 1.11 bits per heavy atom. The van der Waals surface area contributed by atoms with Crippen LogP contribution >= 0.6 is 0 Å². The van der Waals surface area contributed by atoms with E-state index in [4.69, 9.17) is 14.5 Å². The van der Waals surface area contributed by atoms with Crippen LogP contribution in [0.4, 0.5) is 8.78 Å². The summed E-state index contributed by atoms with van der Waals surface area (Å²) < 4.78 is 35.4. The molecule has 0 amide bonds. The summed E-state index contributed by atoms with van der Waals surface area (Å²) in [5, 5.41) is 14.3. The quantitative estimate of drug-likeness (QED) is 0.348. The van der Waals surface area contributed by atoms with Gasteiger partial charge in [-0.05, 0) is 50.5 Å². The molecule has 1 saturated carbocycles. The Morgan fingerprint density at radius 3 is 2.74 bits per heavy atom. The van der Waals surface area contributed by atoms with Gasteiger partial charge in [0.1, 0.15) is 11.6 Å². The second-order valence-corrected chi connectivity index (χ2v) is 9.50. The van der Waals surface area contributed by atoms with Gasteiger partial charge in [-0.3, -0.25) is 4.68 Å². The summed E-state index contributed by atoms with van der Waals surface area (Å²) in [6, 6.07) is 9.83. The second-order valence-electron chi connectivity index (χ2n) is 9.50. The van der Waals surface area contributed by atoms with Crippen molar-refractivity contribution in [2.24, 2.45) is 5.16 Å². The van der Waals surface area contributed by atoms with Gasteiger partial charge >= 0.3 is 0 Å². The highest BCUT2D eigenvalue weighted by Crippen LogP contribution is 2.38. The number of fused-ring (bicyclic) bond motifs is 1. The molecule has 9 heteroatoms. The standard InChI is InChI=1S/C26H25F2N5O2/c1-3-21-18-10-8-15(12-23(18)33(30-21)17-6-4-5-7-17)22-14-26(2,35-31-22)25-29-24(32-34-25)19-13-16(27)9-11-20(19)28/h8-13,17H,3-7,14H2,1-2H3. The Labute approximate surface area is 200 Å². The molecule has 35 heavy (non-hydrogen) atoms. The second kappa shape index (κ2) is 8.25. The number of aryl methyl sites for hydroxylation is 1. The maximum Gasteiger partial charge on any atom is 0.274 e. The predicted octanol–water partition coefficient (Wildman–Crippen LogP) is 6.08. The van der Waals surface area contributed by atoms with Crippen LogP contribution in [0.25, 0.3) is 22.3 Å². The highest BCUT2D eigenvalue weighted by molar-refractivity contribution is 6.04. The Hall–Kier alpha value is -3.62. The number of oxime groups is 1. The lowest BCUT2D eigenvalue weighted by Crippen LogP contribution is -2.22. The van der Waals surface area contributed by atoms with E-state index in [0.29, 0.717) is 12.5 Å². The predicted molar refractivity (Wildman–Crippen MR) is 126 cm³/mol. The largest absolute Gasteiger partial charge is 0.379 e. The molecule has 0 bridgehead atoms. The SMILES string of the molecule is CCc1nn(C2CCCC2)c2cc(C3=NOC(C)(c4nc(-c5cc(F)ccc5F)no4)C3)ccc12. The van der Waals surface area contributed by atoms with E-state index in [1.807, 2.05) is 6.07 Å². The minimum atomic E-state index is -1.01. The minimum absolute atomic E-state index is 0.0377. The Bertz CT molecular complexity index is 1450. The van der Waals surface area contributed by atoms with E-state index in [9.17, 15) is 8.78 Å². The van der Waals surface area contributed by atoms with Gasteiger partial charge in [0.05, 0.1) is 28.5 Å². The number of hydrogen-bond donors (Lipinski definition) is 0. The fourth-order valence-electron chi connectivity index (χ4n) is 5.10. The van der Waals surface area contributed by atoms with Gasteiger partial charge in [0, 0.05) is 17.4 Å². The molecule has 1 aliphatic heterocycles. The molecule has 0 spiro atoms. The lowest BCUT2D eigenvalue weighted by atomic mass is 9.95. The molecule has 2 aliphatic rings. The smallest absolute Gasteiger partial charge is 0.274 e. The molecule has 0 N–H and O–H groups in total. The third-order valence-corrected chi connectivity index (χ3v) is 7.03. The van der Waals surface area contributed by atoms with Gasteiger partial charge in [0.25, 0.3) is 5.89 Å². The van der Waals surface area contributed by atoms with Crippen molar-refractivity contribution in [3.63, 3.8) is 0 Å². The summed E-state index contributed by atoms with van der Waals surface area (Å²) in [6.07, 6.45) is 6.04. The van der Waals surface area contributed by atoms with Crippen molar-refractivity contribution in [1.29, 1.82) is 0 Å². The fourth-order valence-corrected chi connectivity index (χ4v) is 5.10. The molecule has 1 unspecified atom stereocenters. The van der Waals surface area contributed by atoms with Gasteiger partial charge in [-0.1, -0.05) is 42.2 Å². The van der Waals surface area contributed by atoms with Crippen LogP contribution in [-0.2, 0) is 16.9 Å². The van der Waals surface area contributed by atoms with Gasteiger partial charge in [-0.15, -0.1) is 0 Å². The summed E-state index contributed by atoms with van der Waals surface area (Å²) in [5.74, 6) is -1.10. The number of rotatable bonds is 5. The lowest BCUT2D eigenvalue weighted by molar-refractivity contribution is -0.0313. The van der Waals surface area contributed by atoms with Gasteiger partial charge in [-0.25, -0.2) is 8.78 Å². The lowest BCUT2D eigenvalue weighted by Gasteiger charge is -2.15. The van der Waals surface area contributed by atoms with Crippen LogP contribution in [-0.4, -0.2) is 25.6 Å². The molecule has 2 aromatic carbocycles. The first kappa shape index (κ1) is 21.9. The first-order valence-corrected chi connectivity index (χ1v) is 12.0. The van der Waals surface area contributed by atoms with Crippen molar-refractivity contribution in [2.45, 2.75) is 64.0 Å². The average molecular weight is 478 g/mol. The Kier molecular flexibility index (Phi) is 5.16. The van der Waals surface area contributed by atoms with E-state index in [0.717, 1.165) is 59.9 Å². The normalized spacial score (nSPS) is 20.5. The average Bonchev–Trinajstić information content (AvgIpc) is 3.65. The monoisotopic (exact) mass is 477 g/mol. The maximum atomic E-state index is 14.2. The van der Waals surface area contributed by atoms with Gasteiger partial charge in [-0.2, -0.15) is 10.1 Å². The molecule has 6 rings (SSSR count). The molecule has 7 nitrogen and oxygen atoms in total. The highest BCUT2D eigenvalue weighted by Gasteiger charge is 2.42. The first-order valence-electron chi connectivity index (χ1n) is 12.0. The number of nitrogens with zero attached hydrogens (tertiary/aromatic N) is 5. The molecule has 1 aliphatic carbocycles. The maximum absolute atomic E-state index is 14.2. The molecule has 3 heterocycles. The van der Waals surface area contributed by atoms with Crippen LogP contribution in [0.1, 0.15) is 69.1 Å². The van der Waals surface area contributed by atoms with Gasteiger partial charge in [0.2, 0.25) is 11.4 Å². The molecular weight excluding hydrogens is 452 g/mol. The van der Waals surface area contributed by atoms with Crippen molar-refractivity contribution < 1.29 is 18.1 Å². The van der Waals surface area contributed by atoms with Crippen molar-refractivity contribution in [1.82, 2.24) is 19.9 Å². The summed E-state index contributed by atoms with van der Waals surface area (Å²) in [7, 11) is 0. The molecule has 4 aromatic rings.